The smallest absolute Gasteiger partial charge is 0.252 e. The summed E-state index contributed by atoms with van der Waals surface area (Å²) in [7, 11) is 0. The SMILES string of the molecule is O=C(NCCCc1nc2ccccc2[nH]1)c1ccccc1Cl. The molecular formula is C17H16ClN3O. The first-order valence-electron chi connectivity index (χ1n) is 7.20. The van der Waals surface area contributed by atoms with Crippen LogP contribution < -0.4 is 5.32 Å². The van der Waals surface area contributed by atoms with Crippen LogP contribution in [-0.2, 0) is 6.42 Å². The van der Waals surface area contributed by atoms with Crippen molar-refractivity contribution in [1.29, 1.82) is 0 Å². The lowest BCUT2D eigenvalue weighted by molar-refractivity contribution is 0.0953. The van der Waals surface area contributed by atoms with Gasteiger partial charge in [-0.1, -0.05) is 35.9 Å². The number of hydrogen-bond acceptors (Lipinski definition) is 2. The Bertz CT molecular complexity index is 764. The van der Waals surface area contributed by atoms with Gasteiger partial charge in [0.1, 0.15) is 5.82 Å². The van der Waals surface area contributed by atoms with Crippen LogP contribution in [0.4, 0.5) is 0 Å². The number of para-hydroxylation sites is 2. The molecule has 1 amide bonds. The number of rotatable bonds is 5. The van der Waals surface area contributed by atoms with Gasteiger partial charge in [0.2, 0.25) is 0 Å². The second-order valence-electron chi connectivity index (χ2n) is 5.04. The lowest BCUT2D eigenvalue weighted by Crippen LogP contribution is -2.25. The maximum Gasteiger partial charge on any atom is 0.252 e. The predicted octanol–water partition coefficient (Wildman–Crippen LogP) is 3.58. The monoisotopic (exact) mass is 313 g/mol. The molecule has 3 rings (SSSR count). The number of nitrogens with zero attached hydrogens (tertiary/aromatic N) is 1. The molecule has 4 nitrogen and oxygen atoms in total. The van der Waals surface area contributed by atoms with Gasteiger partial charge in [0, 0.05) is 13.0 Å². The van der Waals surface area contributed by atoms with E-state index in [-0.39, 0.29) is 5.91 Å². The summed E-state index contributed by atoms with van der Waals surface area (Å²) in [6.45, 7) is 0.584. The number of H-pyrrole nitrogens is 1. The highest BCUT2D eigenvalue weighted by Crippen LogP contribution is 2.14. The van der Waals surface area contributed by atoms with Crippen molar-refractivity contribution in [3.63, 3.8) is 0 Å². The Morgan fingerprint density at radius 3 is 2.73 bits per heavy atom. The van der Waals surface area contributed by atoms with E-state index in [4.69, 9.17) is 11.6 Å². The molecule has 22 heavy (non-hydrogen) atoms. The molecule has 0 aliphatic heterocycles. The number of benzene rings is 2. The van der Waals surface area contributed by atoms with Crippen molar-refractivity contribution >= 4 is 28.5 Å². The van der Waals surface area contributed by atoms with Crippen molar-refractivity contribution in [2.24, 2.45) is 0 Å². The van der Waals surface area contributed by atoms with Gasteiger partial charge in [-0.15, -0.1) is 0 Å². The maximum absolute atomic E-state index is 12.0. The van der Waals surface area contributed by atoms with Gasteiger partial charge in [0.05, 0.1) is 21.6 Å². The van der Waals surface area contributed by atoms with Crippen LogP contribution in [0.5, 0.6) is 0 Å². The normalized spacial score (nSPS) is 10.8. The van der Waals surface area contributed by atoms with Crippen molar-refractivity contribution in [3.05, 3.63) is 64.9 Å². The zero-order chi connectivity index (χ0) is 15.4. The number of aromatic nitrogens is 2. The van der Waals surface area contributed by atoms with E-state index < -0.39 is 0 Å². The molecule has 0 bridgehead atoms. The van der Waals surface area contributed by atoms with Crippen LogP contribution in [0.2, 0.25) is 5.02 Å². The molecule has 1 heterocycles. The quantitative estimate of drug-likeness (QED) is 0.707. The number of carbonyl (C=O) groups excluding carboxylic acids is 1. The average Bonchev–Trinajstić information content (AvgIpc) is 2.94. The van der Waals surface area contributed by atoms with Crippen molar-refractivity contribution in [3.8, 4) is 0 Å². The summed E-state index contributed by atoms with van der Waals surface area (Å²) >= 11 is 6.00. The molecule has 0 radical (unpaired) electrons. The molecule has 5 heteroatoms. The van der Waals surface area contributed by atoms with Crippen LogP contribution in [-0.4, -0.2) is 22.4 Å². The van der Waals surface area contributed by atoms with Crippen molar-refractivity contribution in [2.45, 2.75) is 12.8 Å². The average molecular weight is 314 g/mol. The van der Waals surface area contributed by atoms with Gasteiger partial charge in [-0.3, -0.25) is 4.79 Å². The zero-order valence-corrected chi connectivity index (χ0v) is 12.7. The van der Waals surface area contributed by atoms with E-state index in [0.29, 0.717) is 17.1 Å². The fraction of sp³-hybridized carbons (Fsp3) is 0.176. The molecule has 0 saturated carbocycles. The molecule has 0 atom stereocenters. The number of imidazole rings is 1. The van der Waals surface area contributed by atoms with E-state index in [0.717, 1.165) is 29.7 Å². The van der Waals surface area contributed by atoms with Crippen molar-refractivity contribution < 1.29 is 4.79 Å². The first-order valence-corrected chi connectivity index (χ1v) is 7.58. The molecule has 0 spiro atoms. The molecular weight excluding hydrogens is 298 g/mol. The van der Waals surface area contributed by atoms with Crippen LogP contribution in [0.25, 0.3) is 11.0 Å². The number of fused-ring (bicyclic) bond motifs is 1. The minimum absolute atomic E-state index is 0.143. The van der Waals surface area contributed by atoms with Crippen molar-refractivity contribution in [1.82, 2.24) is 15.3 Å². The second kappa shape index (κ2) is 6.62. The summed E-state index contributed by atoms with van der Waals surface area (Å²) in [5.74, 6) is 0.795. The molecule has 3 aromatic rings. The zero-order valence-electron chi connectivity index (χ0n) is 12.0. The number of nitrogens with one attached hydrogen (secondary N) is 2. The number of carbonyl (C=O) groups is 1. The summed E-state index contributed by atoms with van der Waals surface area (Å²) in [5, 5.41) is 3.35. The van der Waals surface area contributed by atoms with E-state index in [1.807, 2.05) is 24.3 Å². The van der Waals surface area contributed by atoms with Gasteiger partial charge in [-0.05, 0) is 30.7 Å². The Balaban J connectivity index is 1.51. The summed E-state index contributed by atoms with van der Waals surface area (Å²) in [6.07, 6.45) is 1.60. The van der Waals surface area contributed by atoms with E-state index in [2.05, 4.69) is 15.3 Å². The third-order valence-electron chi connectivity index (χ3n) is 3.43. The molecule has 112 valence electrons. The number of halogens is 1. The first kappa shape index (κ1) is 14.6. The Kier molecular flexibility index (Phi) is 4.39. The van der Waals surface area contributed by atoms with Crippen LogP contribution in [0, 0.1) is 0 Å². The van der Waals surface area contributed by atoms with E-state index in [1.165, 1.54) is 0 Å². The lowest BCUT2D eigenvalue weighted by Gasteiger charge is -2.05. The standard InChI is InChI=1S/C17H16ClN3O/c18-13-7-2-1-6-12(13)17(22)19-11-5-10-16-20-14-8-3-4-9-15(14)21-16/h1-4,6-9H,5,10-11H2,(H,19,22)(H,20,21). The Morgan fingerprint density at radius 2 is 1.91 bits per heavy atom. The van der Waals surface area contributed by atoms with E-state index in [9.17, 15) is 4.79 Å². The predicted molar refractivity (Wildman–Crippen MR) is 88.2 cm³/mol. The number of aryl methyl sites for hydroxylation is 1. The Hall–Kier alpha value is -2.33. The number of aromatic amines is 1. The molecule has 0 fully saturated rings. The van der Waals surface area contributed by atoms with Crippen LogP contribution in [0.1, 0.15) is 22.6 Å². The van der Waals surface area contributed by atoms with Gasteiger partial charge >= 0.3 is 0 Å². The molecule has 0 unspecified atom stereocenters. The largest absolute Gasteiger partial charge is 0.352 e. The van der Waals surface area contributed by atoms with Crippen LogP contribution >= 0.6 is 11.6 Å². The summed E-state index contributed by atoms with van der Waals surface area (Å²) in [6, 6.07) is 15.0. The van der Waals surface area contributed by atoms with Gasteiger partial charge in [0.25, 0.3) is 5.91 Å². The fourth-order valence-electron chi connectivity index (χ4n) is 2.32. The first-order chi connectivity index (χ1) is 10.7. The minimum atomic E-state index is -0.143. The van der Waals surface area contributed by atoms with Crippen molar-refractivity contribution in [2.75, 3.05) is 6.54 Å². The maximum atomic E-state index is 12.0. The topological polar surface area (TPSA) is 57.8 Å². The summed E-state index contributed by atoms with van der Waals surface area (Å²) < 4.78 is 0. The molecule has 1 aromatic heterocycles. The fourth-order valence-corrected chi connectivity index (χ4v) is 2.54. The Morgan fingerprint density at radius 1 is 1.14 bits per heavy atom. The molecule has 0 saturated heterocycles. The third kappa shape index (κ3) is 3.28. The molecule has 2 N–H and O–H groups in total. The Labute approximate surface area is 133 Å². The molecule has 0 aliphatic rings. The molecule has 0 aliphatic carbocycles. The number of amides is 1. The van der Waals surface area contributed by atoms with Gasteiger partial charge in [-0.2, -0.15) is 0 Å². The summed E-state index contributed by atoms with van der Waals surface area (Å²) in [5.41, 5.74) is 2.52. The number of hydrogen-bond donors (Lipinski definition) is 2. The van der Waals surface area contributed by atoms with E-state index >= 15 is 0 Å². The molecule has 2 aromatic carbocycles. The minimum Gasteiger partial charge on any atom is -0.352 e. The van der Waals surface area contributed by atoms with Gasteiger partial charge in [0.15, 0.2) is 0 Å². The van der Waals surface area contributed by atoms with Crippen LogP contribution in [0.3, 0.4) is 0 Å². The second-order valence-corrected chi connectivity index (χ2v) is 5.45. The summed E-state index contributed by atoms with van der Waals surface area (Å²) in [4.78, 5) is 19.8. The van der Waals surface area contributed by atoms with Gasteiger partial charge in [-0.25, -0.2) is 4.98 Å². The third-order valence-corrected chi connectivity index (χ3v) is 3.76. The highest BCUT2D eigenvalue weighted by atomic mass is 35.5. The highest BCUT2D eigenvalue weighted by Gasteiger charge is 2.08. The van der Waals surface area contributed by atoms with Gasteiger partial charge < -0.3 is 10.3 Å². The van der Waals surface area contributed by atoms with Crippen LogP contribution in [0.15, 0.2) is 48.5 Å². The highest BCUT2D eigenvalue weighted by molar-refractivity contribution is 6.33. The van der Waals surface area contributed by atoms with E-state index in [1.54, 1.807) is 24.3 Å². The lowest BCUT2D eigenvalue weighted by atomic mass is 10.2.